The molecule has 0 saturated carbocycles. The minimum absolute atomic E-state index is 0.772. The van der Waals surface area contributed by atoms with Crippen molar-refractivity contribution < 1.29 is 0 Å². The molecule has 0 saturated heterocycles. The van der Waals surface area contributed by atoms with E-state index in [4.69, 9.17) is 0 Å². The summed E-state index contributed by atoms with van der Waals surface area (Å²) >= 11 is 0. The van der Waals surface area contributed by atoms with Crippen molar-refractivity contribution in [3.05, 3.63) is 24.4 Å². The van der Waals surface area contributed by atoms with Gasteiger partial charge in [0.2, 0.25) is 0 Å². The summed E-state index contributed by atoms with van der Waals surface area (Å²) in [6.07, 6.45) is 9.69. The highest BCUT2D eigenvalue weighted by molar-refractivity contribution is 5.70. The van der Waals surface area contributed by atoms with Crippen LogP contribution in [-0.4, -0.2) is 31.8 Å². The van der Waals surface area contributed by atoms with Crippen LogP contribution in [0.1, 0.15) is 6.92 Å². The van der Waals surface area contributed by atoms with Crippen molar-refractivity contribution in [3.63, 3.8) is 0 Å². The second-order valence-electron chi connectivity index (χ2n) is 2.39. The van der Waals surface area contributed by atoms with E-state index < -0.39 is 0 Å². The molecule has 0 heterocycles. The summed E-state index contributed by atoms with van der Waals surface area (Å²) in [6, 6.07) is 0. The molecule has 0 fully saturated rings. The third kappa shape index (κ3) is 8.95. The molecule has 0 aromatic carbocycles. The Hall–Kier alpha value is -1.05. The van der Waals surface area contributed by atoms with Crippen LogP contribution in [0.4, 0.5) is 0 Å². The largest absolute Gasteiger partial charge is 0.383 e. The molecule has 62 valence electrons. The van der Waals surface area contributed by atoms with Gasteiger partial charge in [0.15, 0.2) is 0 Å². The minimum Gasteiger partial charge on any atom is -0.383 e. The Morgan fingerprint density at radius 2 is 2.09 bits per heavy atom. The van der Waals surface area contributed by atoms with Gasteiger partial charge in [0.25, 0.3) is 0 Å². The van der Waals surface area contributed by atoms with E-state index >= 15 is 0 Å². The zero-order chi connectivity index (χ0) is 8.53. The average Bonchev–Trinajstić information content (AvgIpc) is 1.96. The highest BCUT2D eigenvalue weighted by Crippen LogP contribution is 1.76. The highest BCUT2D eigenvalue weighted by Gasteiger charge is 1.71. The van der Waals surface area contributed by atoms with Crippen molar-refractivity contribution >= 4 is 6.21 Å². The summed E-state index contributed by atoms with van der Waals surface area (Å²) < 4.78 is 0. The fourth-order valence-electron chi connectivity index (χ4n) is 0.499. The van der Waals surface area contributed by atoms with E-state index in [1.54, 1.807) is 6.21 Å². The van der Waals surface area contributed by atoms with E-state index in [0.29, 0.717) is 0 Å². The van der Waals surface area contributed by atoms with Crippen LogP contribution >= 0.6 is 0 Å². The molecule has 0 aromatic heterocycles. The third-order valence-electron chi connectivity index (χ3n) is 1.02. The molecule has 0 atom stereocenters. The molecule has 2 nitrogen and oxygen atoms in total. The fourth-order valence-corrected chi connectivity index (χ4v) is 0.499. The first-order chi connectivity index (χ1) is 5.27. The molecular formula is C9H16N2. The Balaban J connectivity index is 3.44. The van der Waals surface area contributed by atoms with Gasteiger partial charge in [0.1, 0.15) is 0 Å². The lowest BCUT2D eigenvalue weighted by Gasteiger charge is -2.00. The van der Waals surface area contributed by atoms with Crippen molar-refractivity contribution in [2.45, 2.75) is 6.92 Å². The lowest BCUT2D eigenvalue weighted by Crippen LogP contribution is -1.99. The molecule has 11 heavy (non-hydrogen) atoms. The second kappa shape index (κ2) is 7.06. The van der Waals surface area contributed by atoms with Gasteiger partial charge in [-0.25, -0.2) is 0 Å². The maximum absolute atomic E-state index is 4.11. The number of hydrogen-bond donors (Lipinski definition) is 0. The van der Waals surface area contributed by atoms with Crippen LogP contribution in [0.25, 0.3) is 0 Å². The summed E-state index contributed by atoms with van der Waals surface area (Å²) in [4.78, 5) is 6.08. The maximum Gasteiger partial charge on any atom is 0.0570 e. The molecular weight excluding hydrogens is 136 g/mol. The summed E-state index contributed by atoms with van der Waals surface area (Å²) in [7, 11) is 3.96. The van der Waals surface area contributed by atoms with Crippen molar-refractivity contribution in [3.8, 4) is 0 Å². The quantitative estimate of drug-likeness (QED) is 0.442. The van der Waals surface area contributed by atoms with Gasteiger partial charge in [0, 0.05) is 26.5 Å². The second-order valence-corrected chi connectivity index (χ2v) is 2.39. The molecule has 0 aromatic rings. The van der Waals surface area contributed by atoms with Crippen LogP contribution in [0.2, 0.25) is 0 Å². The predicted octanol–water partition coefficient (Wildman–Crippen LogP) is 1.71. The highest BCUT2D eigenvalue weighted by atomic mass is 15.0. The molecule has 2 heteroatoms. The Kier molecular flexibility index (Phi) is 6.39. The number of aliphatic imine (C=N–C) groups is 1. The smallest absolute Gasteiger partial charge is 0.0570 e. The number of hydrogen-bond acceptors (Lipinski definition) is 2. The number of allylic oxidation sites excluding steroid dienone is 2. The van der Waals surface area contributed by atoms with E-state index in [0.717, 1.165) is 6.54 Å². The maximum atomic E-state index is 4.11. The van der Waals surface area contributed by atoms with E-state index in [1.165, 1.54) is 0 Å². The third-order valence-corrected chi connectivity index (χ3v) is 1.02. The van der Waals surface area contributed by atoms with E-state index in [2.05, 4.69) is 4.99 Å². The summed E-state index contributed by atoms with van der Waals surface area (Å²) in [5.41, 5.74) is 0. The molecule has 0 rings (SSSR count). The monoisotopic (exact) mass is 152 g/mol. The minimum atomic E-state index is 0.772. The molecule has 0 aliphatic carbocycles. The van der Waals surface area contributed by atoms with E-state index in [-0.39, 0.29) is 0 Å². The Morgan fingerprint density at radius 3 is 2.64 bits per heavy atom. The molecule has 0 amide bonds. The van der Waals surface area contributed by atoms with Gasteiger partial charge in [0.05, 0.1) is 6.54 Å². The molecule has 0 aliphatic rings. The van der Waals surface area contributed by atoms with E-state index in [9.17, 15) is 0 Å². The number of nitrogens with zero attached hydrogens (tertiary/aromatic N) is 2. The number of rotatable bonds is 4. The van der Waals surface area contributed by atoms with Crippen molar-refractivity contribution in [1.82, 2.24) is 4.90 Å². The van der Waals surface area contributed by atoms with Crippen LogP contribution in [-0.2, 0) is 0 Å². The normalized spacial score (nSPS) is 12.3. The van der Waals surface area contributed by atoms with Crippen LogP contribution in [0, 0.1) is 0 Å². The van der Waals surface area contributed by atoms with Crippen LogP contribution in [0.15, 0.2) is 29.4 Å². The average molecular weight is 152 g/mol. The fraction of sp³-hybridized carbons (Fsp3) is 0.444. The Labute approximate surface area is 68.9 Å². The van der Waals surface area contributed by atoms with Gasteiger partial charge < -0.3 is 4.90 Å². The van der Waals surface area contributed by atoms with Gasteiger partial charge >= 0.3 is 0 Å². The van der Waals surface area contributed by atoms with Gasteiger partial charge in [-0.1, -0.05) is 12.2 Å². The summed E-state index contributed by atoms with van der Waals surface area (Å²) in [5, 5.41) is 0. The molecule has 0 bridgehead atoms. The molecule has 0 unspecified atom stereocenters. The van der Waals surface area contributed by atoms with Crippen LogP contribution in [0.3, 0.4) is 0 Å². The van der Waals surface area contributed by atoms with Gasteiger partial charge in [-0.15, -0.1) is 0 Å². The van der Waals surface area contributed by atoms with E-state index in [1.807, 2.05) is 50.3 Å². The SMILES string of the molecule is C/C=C\CN=C/C=C/N(C)C. The van der Waals surface area contributed by atoms with Crippen LogP contribution < -0.4 is 0 Å². The Morgan fingerprint density at radius 1 is 1.36 bits per heavy atom. The first kappa shape index (κ1) is 9.95. The lowest BCUT2D eigenvalue weighted by molar-refractivity contribution is 0.564. The topological polar surface area (TPSA) is 15.6 Å². The molecule has 0 spiro atoms. The molecule has 0 aliphatic heterocycles. The zero-order valence-electron chi connectivity index (χ0n) is 7.49. The van der Waals surface area contributed by atoms with Gasteiger partial charge in [-0.3, -0.25) is 4.99 Å². The standard InChI is InChI=1S/C9H16N2/c1-4-5-7-10-8-6-9-11(2)3/h4-6,8-9H,7H2,1-3H3/b5-4-,9-6+,10-8?. The molecule has 0 radical (unpaired) electrons. The summed E-state index contributed by atoms with van der Waals surface area (Å²) in [5.74, 6) is 0. The predicted molar refractivity (Wildman–Crippen MR) is 51.0 cm³/mol. The van der Waals surface area contributed by atoms with Gasteiger partial charge in [-0.2, -0.15) is 0 Å². The zero-order valence-corrected chi connectivity index (χ0v) is 7.49. The Bertz CT molecular complexity index is 155. The summed E-state index contributed by atoms with van der Waals surface area (Å²) in [6.45, 7) is 2.76. The van der Waals surface area contributed by atoms with Crippen molar-refractivity contribution in [2.75, 3.05) is 20.6 Å². The van der Waals surface area contributed by atoms with Crippen LogP contribution in [0.5, 0.6) is 0 Å². The molecule has 0 N–H and O–H groups in total. The lowest BCUT2D eigenvalue weighted by atomic mass is 10.5. The first-order valence-corrected chi connectivity index (χ1v) is 3.71. The van der Waals surface area contributed by atoms with Gasteiger partial charge in [-0.05, 0) is 13.0 Å². The van der Waals surface area contributed by atoms with Crippen molar-refractivity contribution in [1.29, 1.82) is 0 Å². The van der Waals surface area contributed by atoms with Crippen molar-refractivity contribution in [2.24, 2.45) is 4.99 Å². The first-order valence-electron chi connectivity index (χ1n) is 3.71.